The molecule has 0 aromatic rings. The molecule has 5 nitrogen and oxygen atoms in total. The molecule has 5 heteroatoms. The first kappa shape index (κ1) is 17.9. The number of hydrogen-bond donors (Lipinski definition) is 3. The second-order valence-electron chi connectivity index (χ2n) is 5.56. The fourth-order valence-electron chi connectivity index (χ4n) is 1.51. The number of nitrogens with one attached hydrogen (secondary N) is 2. The average Bonchev–Trinajstić information content (AvgIpc) is 2.33. The predicted molar refractivity (Wildman–Crippen MR) is 76.7 cm³/mol. The van der Waals surface area contributed by atoms with Crippen molar-refractivity contribution in [2.75, 3.05) is 13.2 Å². The zero-order valence-corrected chi connectivity index (χ0v) is 12.6. The number of aliphatic carboxylic acids is 1. The zero-order valence-electron chi connectivity index (χ0n) is 12.6. The largest absolute Gasteiger partial charge is 0.481 e. The van der Waals surface area contributed by atoms with Crippen molar-refractivity contribution in [3.05, 3.63) is 0 Å². The van der Waals surface area contributed by atoms with E-state index in [4.69, 9.17) is 15.3 Å². The summed E-state index contributed by atoms with van der Waals surface area (Å²) in [6.45, 7) is 9.26. The number of carbonyl (C=O) groups is 1. The third kappa shape index (κ3) is 9.47. The maximum atomic E-state index is 10.5. The molecule has 0 rings (SSSR count). The molecule has 1 atom stereocenters. The van der Waals surface area contributed by atoms with Crippen LogP contribution in [0, 0.1) is 11.3 Å². The van der Waals surface area contributed by atoms with Gasteiger partial charge >= 0.3 is 5.97 Å². The number of unbranched alkanes of at least 4 members (excludes halogenated alkanes) is 1. The first-order valence-electron chi connectivity index (χ1n) is 6.96. The van der Waals surface area contributed by atoms with Crippen molar-refractivity contribution < 1.29 is 14.6 Å². The average molecular weight is 272 g/mol. The van der Waals surface area contributed by atoms with E-state index in [0.29, 0.717) is 18.8 Å². The van der Waals surface area contributed by atoms with Crippen molar-refractivity contribution in [3.63, 3.8) is 0 Å². The van der Waals surface area contributed by atoms with Crippen LogP contribution in [0.2, 0.25) is 0 Å². The summed E-state index contributed by atoms with van der Waals surface area (Å²) < 4.78 is 5.74. The van der Waals surface area contributed by atoms with Crippen LogP contribution >= 0.6 is 0 Å². The van der Waals surface area contributed by atoms with Gasteiger partial charge in [-0.05, 0) is 26.7 Å². The van der Waals surface area contributed by atoms with Crippen LogP contribution in [0.25, 0.3) is 0 Å². The van der Waals surface area contributed by atoms with E-state index in [0.717, 1.165) is 19.4 Å². The Kier molecular flexibility index (Phi) is 8.39. The number of hydrogen-bond acceptors (Lipinski definition) is 3. The zero-order chi connectivity index (χ0) is 14.9. The van der Waals surface area contributed by atoms with Gasteiger partial charge in [0.2, 0.25) is 0 Å². The molecule has 0 fully saturated rings. The molecular weight excluding hydrogens is 244 g/mol. The molecular formula is C14H28N2O3. The highest BCUT2D eigenvalue weighted by molar-refractivity contribution is 5.81. The van der Waals surface area contributed by atoms with Crippen molar-refractivity contribution in [2.45, 2.75) is 59.0 Å². The van der Waals surface area contributed by atoms with Gasteiger partial charge < -0.3 is 15.2 Å². The molecule has 0 saturated heterocycles. The summed E-state index contributed by atoms with van der Waals surface area (Å²) in [6.07, 6.45) is 2.72. The standard InChI is InChI=1S/C14H28N2O3/c1-5-6-9-19-14(3,4)10-16-13(15)11(2)7-8-12(17)18/h11H,5-10H2,1-4H3,(H2,15,16)(H,17,18). The lowest BCUT2D eigenvalue weighted by Gasteiger charge is -2.27. The van der Waals surface area contributed by atoms with E-state index in [1.54, 1.807) is 0 Å². The number of carboxylic acid groups (broad SMARTS) is 1. The maximum Gasteiger partial charge on any atom is 0.303 e. The van der Waals surface area contributed by atoms with Gasteiger partial charge in [0.15, 0.2) is 0 Å². The predicted octanol–water partition coefficient (Wildman–Crippen LogP) is 2.65. The normalized spacial score (nSPS) is 13.1. The minimum absolute atomic E-state index is 0.0671. The Morgan fingerprint density at radius 1 is 1.47 bits per heavy atom. The van der Waals surface area contributed by atoms with Crippen molar-refractivity contribution in [2.24, 2.45) is 5.92 Å². The highest BCUT2D eigenvalue weighted by atomic mass is 16.5. The minimum atomic E-state index is -0.817. The third-order valence-corrected chi connectivity index (χ3v) is 2.98. The lowest BCUT2D eigenvalue weighted by Crippen LogP contribution is -2.42. The second-order valence-corrected chi connectivity index (χ2v) is 5.56. The summed E-state index contributed by atoms with van der Waals surface area (Å²) in [7, 11) is 0. The van der Waals surface area contributed by atoms with Crippen molar-refractivity contribution in [3.8, 4) is 0 Å². The van der Waals surface area contributed by atoms with Crippen molar-refractivity contribution in [1.29, 1.82) is 5.41 Å². The van der Waals surface area contributed by atoms with E-state index in [2.05, 4.69) is 12.2 Å². The SMILES string of the molecule is CCCCOC(C)(C)CNC(=N)C(C)CCC(=O)O. The molecule has 3 N–H and O–H groups in total. The van der Waals surface area contributed by atoms with Gasteiger partial charge in [-0.2, -0.15) is 0 Å². The number of ether oxygens (including phenoxy) is 1. The fraction of sp³-hybridized carbons (Fsp3) is 0.857. The van der Waals surface area contributed by atoms with Gasteiger partial charge in [-0.1, -0.05) is 20.3 Å². The molecule has 112 valence electrons. The van der Waals surface area contributed by atoms with E-state index < -0.39 is 5.97 Å². The third-order valence-electron chi connectivity index (χ3n) is 2.98. The van der Waals surface area contributed by atoms with E-state index in [1.807, 2.05) is 20.8 Å². The van der Waals surface area contributed by atoms with Gasteiger partial charge in [-0.15, -0.1) is 0 Å². The lowest BCUT2D eigenvalue weighted by atomic mass is 10.0. The highest BCUT2D eigenvalue weighted by Crippen LogP contribution is 2.10. The summed E-state index contributed by atoms with van der Waals surface area (Å²) in [5, 5.41) is 19.5. The Labute approximate surface area is 116 Å². The lowest BCUT2D eigenvalue weighted by molar-refractivity contribution is -0.137. The highest BCUT2D eigenvalue weighted by Gasteiger charge is 2.19. The quantitative estimate of drug-likeness (QED) is 0.324. The molecule has 0 bridgehead atoms. The van der Waals surface area contributed by atoms with E-state index >= 15 is 0 Å². The molecule has 0 aliphatic heterocycles. The van der Waals surface area contributed by atoms with Gasteiger partial charge in [0.25, 0.3) is 0 Å². The van der Waals surface area contributed by atoms with Crippen molar-refractivity contribution >= 4 is 11.8 Å². The number of amidine groups is 1. The smallest absolute Gasteiger partial charge is 0.303 e. The molecule has 0 aliphatic carbocycles. The molecule has 0 radical (unpaired) electrons. The van der Waals surface area contributed by atoms with Crippen LogP contribution in [0.3, 0.4) is 0 Å². The molecule has 0 aromatic carbocycles. The van der Waals surface area contributed by atoms with Gasteiger partial charge in [-0.25, -0.2) is 0 Å². The molecule has 0 spiro atoms. The van der Waals surface area contributed by atoms with Gasteiger partial charge in [-0.3, -0.25) is 10.2 Å². The molecule has 0 aliphatic rings. The van der Waals surface area contributed by atoms with E-state index in [9.17, 15) is 4.79 Å². The number of rotatable bonds is 10. The van der Waals surface area contributed by atoms with Crippen molar-refractivity contribution in [1.82, 2.24) is 5.32 Å². The summed E-state index contributed by atoms with van der Waals surface area (Å²) in [5.41, 5.74) is -0.312. The van der Waals surface area contributed by atoms with Crippen LogP contribution in [-0.4, -0.2) is 35.7 Å². The first-order chi connectivity index (χ1) is 8.78. The van der Waals surface area contributed by atoms with Crippen LogP contribution in [-0.2, 0) is 9.53 Å². The Morgan fingerprint density at radius 2 is 2.11 bits per heavy atom. The Balaban J connectivity index is 3.95. The molecule has 0 saturated carbocycles. The molecule has 0 aromatic heterocycles. The van der Waals surface area contributed by atoms with E-state index in [1.165, 1.54) is 0 Å². The molecule has 0 heterocycles. The topological polar surface area (TPSA) is 82.4 Å². The molecule has 19 heavy (non-hydrogen) atoms. The molecule has 0 amide bonds. The second kappa shape index (κ2) is 8.91. The number of carboxylic acids is 1. The Bertz CT molecular complexity index is 290. The van der Waals surface area contributed by atoms with Crippen LogP contribution < -0.4 is 5.32 Å². The summed E-state index contributed by atoms with van der Waals surface area (Å²) >= 11 is 0. The fourth-order valence-corrected chi connectivity index (χ4v) is 1.51. The summed E-state index contributed by atoms with van der Waals surface area (Å²) in [6, 6.07) is 0. The Hall–Kier alpha value is -1.10. The van der Waals surface area contributed by atoms with Gasteiger partial charge in [0, 0.05) is 25.5 Å². The minimum Gasteiger partial charge on any atom is -0.481 e. The van der Waals surface area contributed by atoms with Crippen LogP contribution in [0.4, 0.5) is 0 Å². The Morgan fingerprint density at radius 3 is 2.63 bits per heavy atom. The summed E-state index contributed by atoms with van der Waals surface area (Å²) in [4.78, 5) is 10.5. The maximum absolute atomic E-state index is 10.5. The van der Waals surface area contributed by atoms with Crippen LogP contribution in [0.5, 0.6) is 0 Å². The van der Waals surface area contributed by atoms with Gasteiger partial charge in [0.1, 0.15) is 0 Å². The first-order valence-corrected chi connectivity index (χ1v) is 6.96. The summed E-state index contributed by atoms with van der Waals surface area (Å²) in [5.74, 6) is -0.501. The van der Waals surface area contributed by atoms with Crippen LogP contribution in [0.15, 0.2) is 0 Å². The van der Waals surface area contributed by atoms with E-state index in [-0.39, 0.29) is 17.9 Å². The molecule has 1 unspecified atom stereocenters. The monoisotopic (exact) mass is 272 g/mol. The van der Waals surface area contributed by atoms with Crippen LogP contribution in [0.1, 0.15) is 53.4 Å². The van der Waals surface area contributed by atoms with Gasteiger partial charge in [0.05, 0.1) is 11.4 Å².